The zero-order valence-electron chi connectivity index (χ0n) is 15.3. The van der Waals surface area contributed by atoms with Gasteiger partial charge in [0.25, 0.3) is 0 Å². The second-order valence-corrected chi connectivity index (χ2v) is 6.29. The van der Waals surface area contributed by atoms with Crippen molar-refractivity contribution in [1.29, 1.82) is 0 Å². The molecule has 0 bridgehead atoms. The lowest BCUT2D eigenvalue weighted by molar-refractivity contribution is 0.174. The molecular weight excluding hydrogens is 332 g/mol. The monoisotopic (exact) mass is 356 g/mol. The summed E-state index contributed by atoms with van der Waals surface area (Å²) in [6.45, 7) is 7.15. The van der Waals surface area contributed by atoms with Gasteiger partial charge in [0.15, 0.2) is 11.5 Å². The summed E-state index contributed by atoms with van der Waals surface area (Å²) in [5.74, 6) is 2.12. The van der Waals surface area contributed by atoms with Crippen LogP contribution in [0.1, 0.15) is 26.3 Å². The van der Waals surface area contributed by atoms with Gasteiger partial charge in [0.2, 0.25) is 6.79 Å². The Bertz CT molecular complexity index is 776. The van der Waals surface area contributed by atoms with E-state index >= 15 is 0 Å². The zero-order chi connectivity index (χ0) is 18.5. The molecule has 138 valence electrons. The van der Waals surface area contributed by atoms with E-state index in [1.54, 1.807) is 4.90 Å². The molecule has 0 radical (unpaired) electrons. The number of hydrogen-bond acceptors (Lipinski definition) is 4. The van der Waals surface area contributed by atoms with Crippen molar-refractivity contribution in [3.8, 4) is 17.2 Å². The van der Waals surface area contributed by atoms with E-state index in [9.17, 15) is 4.79 Å². The fourth-order valence-electron chi connectivity index (χ4n) is 2.71. The molecule has 0 saturated carbocycles. The van der Waals surface area contributed by atoms with Crippen LogP contribution >= 0.6 is 0 Å². The number of rotatable bonds is 6. The van der Waals surface area contributed by atoms with Gasteiger partial charge in [-0.3, -0.25) is 0 Å². The van der Waals surface area contributed by atoms with Crippen molar-refractivity contribution in [3.05, 3.63) is 48.0 Å². The SMILES string of the molecule is CCN(Cc1ccc2c(c1)OCO2)C(=O)Nc1ccccc1OC(C)C. The number of para-hydroxylation sites is 2. The Balaban J connectivity index is 1.70. The summed E-state index contributed by atoms with van der Waals surface area (Å²) < 4.78 is 16.5. The number of fused-ring (bicyclic) bond motifs is 1. The summed E-state index contributed by atoms with van der Waals surface area (Å²) in [4.78, 5) is 14.4. The van der Waals surface area contributed by atoms with E-state index in [4.69, 9.17) is 14.2 Å². The Morgan fingerprint density at radius 2 is 1.96 bits per heavy atom. The average molecular weight is 356 g/mol. The molecule has 1 heterocycles. The molecule has 2 amide bonds. The molecule has 0 unspecified atom stereocenters. The molecular formula is C20H24N2O4. The van der Waals surface area contributed by atoms with Crippen LogP contribution in [0.25, 0.3) is 0 Å². The maximum Gasteiger partial charge on any atom is 0.322 e. The topological polar surface area (TPSA) is 60.0 Å². The Hall–Kier alpha value is -2.89. The third-order valence-corrected chi connectivity index (χ3v) is 3.97. The van der Waals surface area contributed by atoms with Crippen molar-refractivity contribution < 1.29 is 19.0 Å². The maximum atomic E-state index is 12.7. The first-order valence-corrected chi connectivity index (χ1v) is 8.77. The van der Waals surface area contributed by atoms with E-state index in [1.807, 2.05) is 63.2 Å². The summed E-state index contributed by atoms with van der Waals surface area (Å²) in [6, 6.07) is 13.0. The standard InChI is InChI=1S/C20H24N2O4/c1-4-22(12-15-9-10-18-19(11-15)25-13-24-18)20(23)21-16-7-5-6-8-17(16)26-14(2)3/h5-11,14H,4,12-13H2,1-3H3,(H,21,23). The fraction of sp³-hybridized carbons (Fsp3) is 0.350. The molecule has 0 aromatic heterocycles. The van der Waals surface area contributed by atoms with Crippen molar-refractivity contribution >= 4 is 11.7 Å². The van der Waals surface area contributed by atoms with Crippen LogP contribution in [0.4, 0.5) is 10.5 Å². The minimum Gasteiger partial charge on any atom is -0.489 e. The summed E-state index contributed by atoms with van der Waals surface area (Å²) >= 11 is 0. The highest BCUT2D eigenvalue weighted by molar-refractivity contribution is 5.91. The third-order valence-electron chi connectivity index (χ3n) is 3.97. The smallest absolute Gasteiger partial charge is 0.322 e. The summed E-state index contributed by atoms with van der Waals surface area (Å²) in [5.41, 5.74) is 1.65. The van der Waals surface area contributed by atoms with E-state index in [2.05, 4.69) is 5.32 Å². The van der Waals surface area contributed by atoms with Gasteiger partial charge in [0.1, 0.15) is 5.75 Å². The summed E-state index contributed by atoms with van der Waals surface area (Å²) in [6.07, 6.45) is 0.0314. The van der Waals surface area contributed by atoms with Gasteiger partial charge >= 0.3 is 6.03 Å². The molecule has 2 aromatic carbocycles. The number of nitrogens with one attached hydrogen (secondary N) is 1. The molecule has 0 fully saturated rings. The molecule has 6 nitrogen and oxygen atoms in total. The number of urea groups is 1. The number of nitrogens with zero attached hydrogens (tertiary/aromatic N) is 1. The quantitative estimate of drug-likeness (QED) is 0.840. The van der Waals surface area contributed by atoms with Crippen LogP contribution in [0.5, 0.6) is 17.2 Å². The van der Waals surface area contributed by atoms with Gasteiger partial charge in [-0.15, -0.1) is 0 Å². The van der Waals surface area contributed by atoms with Crippen molar-refractivity contribution in [2.45, 2.75) is 33.4 Å². The molecule has 6 heteroatoms. The van der Waals surface area contributed by atoms with Crippen molar-refractivity contribution in [1.82, 2.24) is 4.90 Å². The summed E-state index contributed by atoms with van der Waals surface area (Å²) in [7, 11) is 0. The Labute approximate surface area is 153 Å². The molecule has 1 N–H and O–H groups in total. The first-order valence-electron chi connectivity index (χ1n) is 8.77. The van der Waals surface area contributed by atoms with Crippen LogP contribution in [-0.2, 0) is 6.54 Å². The van der Waals surface area contributed by atoms with E-state index in [1.165, 1.54) is 0 Å². The normalized spacial score (nSPS) is 12.2. The Morgan fingerprint density at radius 3 is 2.73 bits per heavy atom. The molecule has 26 heavy (non-hydrogen) atoms. The van der Waals surface area contributed by atoms with Crippen LogP contribution in [0.3, 0.4) is 0 Å². The number of carbonyl (C=O) groups excluding carboxylic acids is 1. The van der Waals surface area contributed by atoms with Gasteiger partial charge in [-0.05, 0) is 50.6 Å². The zero-order valence-corrected chi connectivity index (χ0v) is 15.3. The number of amides is 2. The number of carbonyl (C=O) groups is 1. The van der Waals surface area contributed by atoms with Crippen LogP contribution in [0, 0.1) is 0 Å². The highest BCUT2D eigenvalue weighted by Gasteiger charge is 2.18. The lowest BCUT2D eigenvalue weighted by Crippen LogP contribution is -2.34. The second kappa shape index (κ2) is 7.99. The van der Waals surface area contributed by atoms with E-state index in [0.717, 1.165) is 17.1 Å². The van der Waals surface area contributed by atoms with Gasteiger partial charge in [0.05, 0.1) is 11.8 Å². The van der Waals surface area contributed by atoms with E-state index in [-0.39, 0.29) is 18.9 Å². The Morgan fingerprint density at radius 1 is 1.19 bits per heavy atom. The van der Waals surface area contributed by atoms with Gasteiger partial charge in [-0.25, -0.2) is 4.79 Å². The summed E-state index contributed by atoms with van der Waals surface area (Å²) in [5, 5.41) is 2.95. The van der Waals surface area contributed by atoms with E-state index in [0.29, 0.717) is 24.5 Å². The number of hydrogen-bond donors (Lipinski definition) is 1. The van der Waals surface area contributed by atoms with Crippen molar-refractivity contribution in [3.63, 3.8) is 0 Å². The second-order valence-electron chi connectivity index (χ2n) is 6.29. The predicted molar refractivity (Wildman–Crippen MR) is 99.9 cm³/mol. The predicted octanol–water partition coefficient (Wildman–Crippen LogP) is 4.26. The molecule has 1 aliphatic rings. The first-order chi connectivity index (χ1) is 12.6. The lowest BCUT2D eigenvalue weighted by atomic mass is 10.2. The van der Waals surface area contributed by atoms with Crippen molar-refractivity contribution in [2.75, 3.05) is 18.7 Å². The minimum atomic E-state index is -0.176. The van der Waals surface area contributed by atoms with Gasteiger partial charge in [-0.2, -0.15) is 0 Å². The van der Waals surface area contributed by atoms with Crippen LogP contribution < -0.4 is 19.5 Å². The average Bonchev–Trinajstić information content (AvgIpc) is 3.08. The molecule has 1 aliphatic heterocycles. The van der Waals surface area contributed by atoms with E-state index < -0.39 is 0 Å². The Kier molecular flexibility index (Phi) is 5.51. The number of ether oxygens (including phenoxy) is 3. The van der Waals surface area contributed by atoms with Crippen LogP contribution in [0.2, 0.25) is 0 Å². The highest BCUT2D eigenvalue weighted by atomic mass is 16.7. The minimum absolute atomic E-state index is 0.0314. The van der Waals surface area contributed by atoms with Gasteiger partial charge in [0, 0.05) is 13.1 Å². The largest absolute Gasteiger partial charge is 0.489 e. The maximum absolute atomic E-state index is 12.7. The molecule has 0 atom stereocenters. The van der Waals surface area contributed by atoms with Gasteiger partial charge in [-0.1, -0.05) is 18.2 Å². The van der Waals surface area contributed by atoms with Crippen molar-refractivity contribution in [2.24, 2.45) is 0 Å². The molecule has 0 spiro atoms. The fourth-order valence-corrected chi connectivity index (χ4v) is 2.71. The van der Waals surface area contributed by atoms with Crippen LogP contribution in [-0.4, -0.2) is 30.4 Å². The number of anilines is 1. The molecule has 0 aliphatic carbocycles. The third kappa shape index (κ3) is 4.20. The van der Waals surface area contributed by atoms with Gasteiger partial charge < -0.3 is 24.4 Å². The number of benzene rings is 2. The molecule has 0 saturated heterocycles. The molecule has 2 aromatic rings. The lowest BCUT2D eigenvalue weighted by Gasteiger charge is -2.23. The van der Waals surface area contributed by atoms with Crippen LogP contribution in [0.15, 0.2) is 42.5 Å². The first kappa shape index (κ1) is 17.9. The highest BCUT2D eigenvalue weighted by Crippen LogP contribution is 2.33. The molecule has 3 rings (SSSR count).